The maximum Gasteiger partial charge on any atom is 0.0465 e. The molecule has 0 unspecified atom stereocenters. The SMILES string of the molecule is c1ccc(-c2c3c(c(-c4ccccc4)c4ccccc24)-c2ccc(-c4ccc5[nH]c6ccccc6c5c4)c4cccc-3c24)cc1. The van der Waals surface area contributed by atoms with E-state index in [0.717, 1.165) is 0 Å². The first-order valence-electron chi connectivity index (χ1n) is 15.6. The van der Waals surface area contributed by atoms with E-state index in [0.29, 0.717) is 0 Å². The fraction of sp³-hybridized carbons (Fsp3) is 0. The predicted octanol–water partition coefficient (Wildman–Crippen LogP) is 12.3. The van der Waals surface area contributed by atoms with Gasteiger partial charge in [-0.15, -0.1) is 0 Å². The number of H-pyrrole nitrogens is 1. The quantitative estimate of drug-likeness (QED) is 0.218. The fourth-order valence-corrected chi connectivity index (χ4v) is 7.88. The Hall–Kier alpha value is -5.92. The molecule has 9 aromatic rings. The van der Waals surface area contributed by atoms with E-state index >= 15 is 0 Å². The van der Waals surface area contributed by atoms with E-state index in [9.17, 15) is 0 Å². The molecule has 1 aliphatic carbocycles. The molecule has 0 spiro atoms. The van der Waals surface area contributed by atoms with Gasteiger partial charge >= 0.3 is 0 Å². The molecule has 8 aromatic carbocycles. The Bertz CT molecular complexity index is 2530. The fourth-order valence-electron chi connectivity index (χ4n) is 7.88. The average Bonchev–Trinajstić information content (AvgIpc) is 3.64. The van der Waals surface area contributed by atoms with Gasteiger partial charge in [0.1, 0.15) is 0 Å². The molecule has 0 radical (unpaired) electrons. The average molecular weight is 570 g/mol. The van der Waals surface area contributed by atoms with Gasteiger partial charge in [-0.3, -0.25) is 0 Å². The van der Waals surface area contributed by atoms with Gasteiger partial charge in [0.2, 0.25) is 0 Å². The number of para-hydroxylation sites is 1. The van der Waals surface area contributed by atoms with Crippen molar-refractivity contribution in [2.24, 2.45) is 0 Å². The van der Waals surface area contributed by atoms with Gasteiger partial charge in [-0.1, -0.05) is 140 Å². The molecular formula is C44H27N. The Labute approximate surface area is 261 Å². The first kappa shape index (κ1) is 24.5. The van der Waals surface area contributed by atoms with E-state index in [4.69, 9.17) is 0 Å². The van der Waals surface area contributed by atoms with Gasteiger partial charge in [0.05, 0.1) is 0 Å². The minimum Gasteiger partial charge on any atom is -0.355 e. The van der Waals surface area contributed by atoms with Crippen molar-refractivity contribution in [2.75, 3.05) is 0 Å². The molecule has 0 fully saturated rings. The maximum atomic E-state index is 3.59. The minimum absolute atomic E-state index is 1.17. The number of fused-ring (bicyclic) bond motifs is 7. The van der Waals surface area contributed by atoms with Crippen LogP contribution in [0.5, 0.6) is 0 Å². The number of benzene rings is 8. The Kier molecular flexibility index (Phi) is 5.06. The molecule has 45 heavy (non-hydrogen) atoms. The number of aromatic amines is 1. The number of rotatable bonds is 3. The zero-order valence-electron chi connectivity index (χ0n) is 24.5. The molecule has 0 amide bonds. The van der Waals surface area contributed by atoms with Crippen LogP contribution in [0.15, 0.2) is 158 Å². The largest absolute Gasteiger partial charge is 0.355 e. The third-order valence-corrected chi connectivity index (χ3v) is 9.74. The monoisotopic (exact) mass is 569 g/mol. The standard InChI is InChI=1S/C44H27N/c1-3-12-27(13-4-1)40-33-17-7-8-18-34(33)41(28-14-5-2-6-15-28)44-36-24-23-30(32-19-11-20-35(42(32)36)43(40)44)29-22-25-39-37(26-29)31-16-9-10-21-38(31)45-39/h1-26,45H. The van der Waals surface area contributed by atoms with Crippen LogP contribution < -0.4 is 0 Å². The van der Waals surface area contributed by atoms with Gasteiger partial charge in [0.25, 0.3) is 0 Å². The summed E-state index contributed by atoms with van der Waals surface area (Å²) >= 11 is 0. The Morgan fingerprint density at radius 1 is 0.289 bits per heavy atom. The zero-order valence-corrected chi connectivity index (χ0v) is 24.5. The van der Waals surface area contributed by atoms with Gasteiger partial charge in [-0.05, 0) is 95.4 Å². The van der Waals surface area contributed by atoms with Crippen LogP contribution in [0.2, 0.25) is 0 Å². The lowest BCUT2D eigenvalue weighted by molar-refractivity contribution is 1.54. The lowest BCUT2D eigenvalue weighted by Crippen LogP contribution is -1.93. The van der Waals surface area contributed by atoms with Crippen LogP contribution in [0.1, 0.15) is 0 Å². The molecule has 0 saturated heterocycles. The molecule has 208 valence electrons. The van der Waals surface area contributed by atoms with Gasteiger partial charge in [-0.2, -0.15) is 0 Å². The van der Waals surface area contributed by atoms with Gasteiger partial charge in [-0.25, -0.2) is 0 Å². The van der Waals surface area contributed by atoms with Crippen LogP contribution >= 0.6 is 0 Å². The van der Waals surface area contributed by atoms with Crippen molar-refractivity contribution in [1.29, 1.82) is 0 Å². The summed E-state index contributed by atoms with van der Waals surface area (Å²) in [5.41, 5.74) is 15.3. The smallest absolute Gasteiger partial charge is 0.0465 e. The second-order valence-electron chi connectivity index (χ2n) is 12.1. The van der Waals surface area contributed by atoms with Crippen molar-refractivity contribution >= 4 is 43.4 Å². The predicted molar refractivity (Wildman–Crippen MR) is 192 cm³/mol. The molecule has 1 N–H and O–H groups in total. The van der Waals surface area contributed by atoms with Crippen LogP contribution in [0, 0.1) is 0 Å². The van der Waals surface area contributed by atoms with Crippen LogP contribution in [0.3, 0.4) is 0 Å². The molecule has 1 nitrogen and oxygen atoms in total. The second kappa shape index (κ2) is 9.29. The molecular weight excluding hydrogens is 542 g/mol. The second-order valence-corrected chi connectivity index (χ2v) is 12.1. The molecule has 0 saturated carbocycles. The molecule has 1 aromatic heterocycles. The van der Waals surface area contributed by atoms with Gasteiger partial charge in [0, 0.05) is 21.8 Å². The summed E-state index contributed by atoms with van der Waals surface area (Å²) < 4.78 is 0. The van der Waals surface area contributed by atoms with Gasteiger partial charge in [0.15, 0.2) is 0 Å². The van der Waals surface area contributed by atoms with E-state index < -0.39 is 0 Å². The Morgan fingerprint density at radius 3 is 1.51 bits per heavy atom. The molecule has 0 atom stereocenters. The summed E-state index contributed by atoms with van der Waals surface area (Å²) in [6.45, 7) is 0. The van der Waals surface area contributed by atoms with E-state index in [1.807, 2.05) is 0 Å². The van der Waals surface area contributed by atoms with Gasteiger partial charge < -0.3 is 4.98 Å². The highest BCUT2D eigenvalue weighted by molar-refractivity contribution is 6.29. The maximum absolute atomic E-state index is 3.59. The van der Waals surface area contributed by atoms with E-state index in [2.05, 4.69) is 163 Å². The number of hydrogen-bond acceptors (Lipinski definition) is 0. The van der Waals surface area contributed by atoms with Crippen LogP contribution in [0.25, 0.3) is 99.0 Å². The number of hydrogen-bond donors (Lipinski definition) is 1. The summed E-state index contributed by atoms with van der Waals surface area (Å²) in [4.78, 5) is 3.59. The first-order chi connectivity index (χ1) is 22.3. The van der Waals surface area contributed by atoms with Crippen molar-refractivity contribution in [2.45, 2.75) is 0 Å². The third kappa shape index (κ3) is 3.44. The molecule has 0 aliphatic heterocycles. The van der Waals surface area contributed by atoms with E-state index in [1.165, 1.54) is 99.0 Å². The Balaban J connectivity index is 1.33. The molecule has 1 heterocycles. The van der Waals surface area contributed by atoms with Crippen molar-refractivity contribution in [3.8, 4) is 55.6 Å². The highest BCUT2D eigenvalue weighted by atomic mass is 14.7. The van der Waals surface area contributed by atoms with Crippen LogP contribution in [-0.2, 0) is 0 Å². The molecule has 1 heteroatoms. The molecule has 0 bridgehead atoms. The van der Waals surface area contributed by atoms with Crippen molar-refractivity contribution in [3.05, 3.63) is 158 Å². The third-order valence-electron chi connectivity index (χ3n) is 9.74. The summed E-state index contributed by atoms with van der Waals surface area (Å²) in [5, 5.41) is 7.74. The number of nitrogens with one attached hydrogen (secondary N) is 1. The van der Waals surface area contributed by atoms with Crippen LogP contribution in [0.4, 0.5) is 0 Å². The van der Waals surface area contributed by atoms with Crippen molar-refractivity contribution < 1.29 is 0 Å². The van der Waals surface area contributed by atoms with Crippen molar-refractivity contribution in [1.82, 2.24) is 4.98 Å². The summed E-state index contributed by atoms with van der Waals surface area (Å²) in [7, 11) is 0. The van der Waals surface area contributed by atoms with E-state index in [1.54, 1.807) is 0 Å². The summed E-state index contributed by atoms with van der Waals surface area (Å²) in [5.74, 6) is 0. The minimum atomic E-state index is 1.17. The normalized spacial score (nSPS) is 12.0. The highest BCUT2D eigenvalue weighted by Crippen LogP contribution is 2.58. The molecule has 1 aliphatic rings. The lowest BCUT2D eigenvalue weighted by atomic mass is 9.82. The topological polar surface area (TPSA) is 15.8 Å². The lowest BCUT2D eigenvalue weighted by Gasteiger charge is -2.20. The van der Waals surface area contributed by atoms with Crippen molar-refractivity contribution in [3.63, 3.8) is 0 Å². The van der Waals surface area contributed by atoms with Crippen LogP contribution in [-0.4, -0.2) is 4.98 Å². The van der Waals surface area contributed by atoms with E-state index in [-0.39, 0.29) is 0 Å². The summed E-state index contributed by atoms with van der Waals surface area (Å²) in [6, 6.07) is 57.9. The zero-order chi connectivity index (χ0) is 29.5. The number of aromatic nitrogens is 1. The molecule has 10 rings (SSSR count). The first-order valence-corrected chi connectivity index (χ1v) is 15.6. The Morgan fingerprint density at radius 2 is 0.822 bits per heavy atom. The summed E-state index contributed by atoms with van der Waals surface area (Å²) in [6.07, 6.45) is 0. The highest BCUT2D eigenvalue weighted by Gasteiger charge is 2.31.